The van der Waals surface area contributed by atoms with Gasteiger partial charge in [-0.1, -0.05) is 38.5 Å². The van der Waals surface area contributed by atoms with Crippen LogP contribution in [0.4, 0.5) is 19.0 Å². The first-order valence-electron chi connectivity index (χ1n) is 11.8. The molecule has 2 N–H and O–H groups in total. The Morgan fingerprint density at radius 2 is 1.72 bits per heavy atom. The van der Waals surface area contributed by atoms with E-state index in [9.17, 15) is 22.2 Å². The van der Waals surface area contributed by atoms with Crippen molar-refractivity contribution in [1.29, 1.82) is 0 Å². The van der Waals surface area contributed by atoms with Gasteiger partial charge in [-0.05, 0) is 26.0 Å². The molecule has 36 heavy (non-hydrogen) atoms. The van der Waals surface area contributed by atoms with Gasteiger partial charge in [0, 0.05) is 54.6 Å². The van der Waals surface area contributed by atoms with E-state index in [1.807, 2.05) is 13.8 Å². The fraction of sp³-hybridized carbons (Fsp3) is 0.480. The number of halogens is 3. The molecule has 0 saturated carbocycles. The fourth-order valence-electron chi connectivity index (χ4n) is 3.49. The van der Waals surface area contributed by atoms with E-state index >= 15 is 0 Å². The number of aryl methyl sites for hydroxylation is 1. The maximum atomic E-state index is 14.2. The van der Waals surface area contributed by atoms with E-state index in [0.717, 1.165) is 17.6 Å². The molecule has 7 nitrogen and oxygen atoms in total. The average Bonchev–Trinajstić information content (AvgIpc) is 2.90. The molecule has 0 bridgehead atoms. The predicted octanol–water partition coefficient (Wildman–Crippen LogP) is 4.56. The van der Waals surface area contributed by atoms with Crippen LogP contribution >= 0.6 is 0 Å². The minimum Gasteiger partial charge on any atom is -0.355 e. The van der Waals surface area contributed by atoms with Crippen molar-refractivity contribution in [2.45, 2.75) is 46.1 Å². The van der Waals surface area contributed by atoms with E-state index in [0.29, 0.717) is 16.9 Å². The van der Waals surface area contributed by atoms with Crippen LogP contribution in [-0.2, 0) is 24.4 Å². The van der Waals surface area contributed by atoms with Crippen LogP contribution in [0.2, 0.25) is 0 Å². The van der Waals surface area contributed by atoms with Crippen molar-refractivity contribution >= 4 is 27.7 Å². The summed E-state index contributed by atoms with van der Waals surface area (Å²) in [5.41, 5.74) is 4.24. The SMILES string of the molecule is CC.CN.CN(Cc1cccc(C(F)F)c1F)c1ncnc2c1ccc(=O)n2C.O=S1CCCCC1. The van der Waals surface area contributed by atoms with E-state index in [2.05, 4.69) is 15.7 Å². The number of anilines is 1. The Balaban J connectivity index is 0.000000496. The molecule has 1 aliphatic heterocycles. The molecule has 1 aromatic carbocycles. The molecule has 200 valence electrons. The van der Waals surface area contributed by atoms with Crippen LogP contribution in [0.1, 0.15) is 50.7 Å². The standard InChI is InChI=1S/C17H15F3N4O.C5H10OS.C2H6.CH5N/c1-23(8-10-4-3-5-11(14(10)18)15(19)20)16-12-6-7-13(25)24(2)17(12)22-9-21-16;6-7-4-2-1-3-5-7;2*1-2/h3-7,9,15H,8H2,1-2H3;1-5H2;1-2H3;2H2,1H3. The molecular weight excluding hydrogens is 491 g/mol. The second kappa shape index (κ2) is 16.1. The number of benzene rings is 1. The maximum Gasteiger partial charge on any atom is 0.266 e. The molecule has 3 aromatic rings. The lowest BCUT2D eigenvalue weighted by Gasteiger charge is -2.21. The predicted molar refractivity (Wildman–Crippen MR) is 141 cm³/mol. The molecule has 2 aromatic heterocycles. The van der Waals surface area contributed by atoms with Crippen molar-refractivity contribution in [2.75, 3.05) is 30.5 Å². The quantitative estimate of drug-likeness (QED) is 0.535. The topological polar surface area (TPSA) is 94.1 Å². The summed E-state index contributed by atoms with van der Waals surface area (Å²) in [5, 5.41) is 0.609. The van der Waals surface area contributed by atoms with Crippen LogP contribution < -0.4 is 16.2 Å². The summed E-state index contributed by atoms with van der Waals surface area (Å²) in [4.78, 5) is 21.6. The van der Waals surface area contributed by atoms with Gasteiger partial charge in [-0.2, -0.15) is 0 Å². The van der Waals surface area contributed by atoms with Crippen LogP contribution in [0.3, 0.4) is 0 Å². The zero-order valence-corrected chi connectivity index (χ0v) is 22.3. The lowest BCUT2D eigenvalue weighted by Crippen LogP contribution is -2.21. The van der Waals surface area contributed by atoms with Gasteiger partial charge in [0.05, 0.1) is 10.9 Å². The smallest absolute Gasteiger partial charge is 0.266 e. The van der Waals surface area contributed by atoms with Gasteiger partial charge in [-0.3, -0.25) is 13.6 Å². The van der Waals surface area contributed by atoms with Gasteiger partial charge in [-0.25, -0.2) is 23.1 Å². The number of nitrogens with zero attached hydrogens (tertiary/aromatic N) is 4. The van der Waals surface area contributed by atoms with Crippen molar-refractivity contribution in [3.8, 4) is 0 Å². The fourth-order valence-corrected chi connectivity index (χ4v) is 4.75. The second-order valence-electron chi connectivity index (χ2n) is 7.55. The molecule has 1 fully saturated rings. The van der Waals surface area contributed by atoms with Crippen molar-refractivity contribution in [2.24, 2.45) is 12.8 Å². The van der Waals surface area contributed by atoms with Gasteiger partial charge in [0.2, 0.25) is 0 Å². The molecule has 0 spiro atoms. The Labute approximate surface area is 213 Å². The van der Waals surface area contributed by atoms with Gasteiger partial charge >= 0.3 is 0 Å². The minimum absolute atomic E-state index is 0.0430. The molecule has 11 heteroatoms. The van der Waals surface area contributed by atoms with Crippen molar-refractivity contribution < 1.29 is 17.4 Å². The van der Waals surface area contributed by atoms with Gasteiger partial charge < -0.3 is 10.6 Å². The van der Waals surface area contributed by atoms with E-state index in [-0.39, 0.29) is 17.7 Å². The number of aromatic nitrogens is 3. The first kappa shape index (κ1) is 31.2. The zero-order valence-electron chi connectivity index (χ0n) is 21.5. The Morgan fingerprint density at radius 1 is 1.08 bits per heavy atom. The summed E-state index contributed by atoms with van der Waals surface area (Å²) in [6.07, 6.45) is 2.10. The van der Waals surface area contributed by atoms with Crippen LogP contribution in [0.5, 0.6) is 0 Å². The van der Waals surface area contributed by atoms with Crippen LogP contribution in [-0.4, -0.2) is 44.3 Å². The number of hydrogen-bond acceptors (Lipinski definition) is 6. The lowest BCUT2D eigenvalue weighted by molar-refractivity contribution is 0.146. The Morgan fingerprint density at radius 3 is 2.28 bits per heavy atom. The lowest BCUT2D eigenvalue weighted by atomic mass is 10.1. The van der Waals surface area contributed by atoms with E-state index < -0.39 is 28.6 Å². The summed E-state index contributed by atoms with van der Waals surface area (Å²) >= 11 is 0. The maximum absolute atomic E-state index is 14.2. The summed E-state index contributed by atoms with van der Waals surface area (Å²) < 4.78 is 51.9. The average molecular weight is 528 g/mol. The highest BCUT2D eigenvalue weighted by molar-refractivity contribution is 7.85. The third-order valence-corrected chi connectivity index (χ3v) is 6.73. The minimum atomic E-state index is -2.88. The third kappa shape index (κ3) is 8.41. The molecule has 1 saturated heterocycles. The molecule has 0 aliphatic carbocycles. The third-order valence-electron chi connectivity index (χ3n) is 5.24. The number of nitrogens with two attached hydrogens (primary N) is 1. The summed E-state index contributed by atoms with van der Waals surface area (Å²) in [6, 6.07) is 6.90. The van der Waals surface area contributed by atoms with Gasteiger partial charge in [-0.15, -0.1) is 0 Å². The van der Waals surface area contributed by atoms with E-state index in [4.69, 9.17) is 0 Å². The molecular formula is C25H36F3N5O2S. The summed E-state index contributed by atoms with van der Waals surface area (Å²) in [6.45, 7) is 4.04. The van der Waals surface area contributed by atoms with Gasteiger partial charge in [0.15, 0.2) is 0 Å². The number of fused-ring (bicyclic) bond motifs is 1. The van der Waals surface area contributed by atoms with Crippen molar-refractivity contribution in [1.82, 2.24) is 14.5 Å². The van der Waals surface area contributed by atoms with E-state index in [1.54, 1.807) is 25.1 Å². The van der Waals surface area contributed by atoms with Gasteiger partial charge in [0.25, 0.3) is 12.0 Å². The first-order chi connectivity index (χ1) is 17.3. The Kier molecular flexibility index (Phi) is 13.9. The van der Waals surface area contributed by atoms with Crippen LogP contribution in [0.15, 0.2) is 41.5 Å². The Hall–Kier alpha value is -2.79. The molecule has 0 radical (unpaired) electrons. The van der Waals surface area contributed by atoms with Crippen molar-refractivity contribution in [3.05, 3.63) is 64.0 Å². The zero-order chi connectivity index (χ0) is 27.3. The highest BCUT2D eigenvalue weighted by Crippen LogP contribution is 2.27. The first-order valence-corrected chi connectivity index (χ1v) is 13.3. The normalized spacial score (nSPS) is 13.1. The second-order valence-corrected chi connectivity index (χ2v) is 9.25. The monoisotopic (exact) mass is 527 g/mol. The molecule has 0 atom stereocenters. The Bertz CT molecular complexity index is 1170. The number of rotatable bonds is 4. The molecule has 0 unspecified atom stereocenters. The van der Waals surface area contributed by atoms with Crippen LogP contribution in [0, 0.1) is 5.82 Å². The van der Waals surface area contributed by atoms with E-state index in [1.165, 1.54) is 55.4 Å². The summed E-state index contributed by atoms with van der Waals surface area (Å²) in [5.74, 6) is 1.47. The molecule has 0 amide bonds. The number of alkyl halides is 2. The molecule has 4 rings (SSSR count). The number of pyridine rings is 1. The highest BCUT2D eigenvalue weighted by atomic mass is 32.2. The van der Waals surface area contributed by atoms with Gasteiger partial charge in [0.1, 0.15) is 23.6 Å². The van der Waals surface area contributed by atoms with Crippen molar-refractivity contribution in [3.63, 3.8) is 0 Å². The molecule has 1 aliphatic rings. The van der Waals surface area contributed by atoms with Crippen LogP contribution in [0.25, 0.3) is 11.0 Å². The highest BCUT2D eigenvalue weighted by Gasteiger charge is 2.18. The molecule has 3 heterocycles. The number of hydrogen-bond donors (Lipinski definition) is 1. The largest absolute Gasteiger partial charge is 0.355 e. The summed E-state index contributed by atoms with van der Waals surface area (Å²) in [7, 11) is 4.32.